The van der Waals surface area contributed by atoms with Crippen molar-refractivity contribution >= 4 is 0 Å². The van der Waals surface area contributed by atoms with Crippen LogP contribution in [0.25, 0.3) is 0 Å². The van der Waals surface area contributed by atoms with Crippen molar-refractivity contribution in [2.24, 2.45) is 0 Å². The van der Waals surface area contributed by atoms with Gasteiger partial charge < -0.3 is 9.73 Å². The van der Waals surface area contributed by atoms with Crippen LogP contribution in [0, 0.1) is 0 Å². The van der Waals surface area contributed by atoms with Crippen LogP contribution in [0.5, 0.6) is 0 Å². The molecule has 1 N–H and O–H groups in total. The topological polar surface area (TPSA) is 28.4 Å². The second kappa shape index (κ2) is 6.25. The number of hydrogen-bond donors (Lipinski definition) is 1. The Morgan fingerprint density at radius 1 is 1.20 bits per heavy atom. The third-order valence-corrected chi connectivity index (χ3v) is 4.04. The van der Waals surface area contributed by atoms with Crippen LogP contribution in [0.2, 0.25) is 0 Å². The second-order valence-electron chi connectivity index (χ2n) is 5.36. The summed E-state index contributed by atoms with van der Waals surface area (Å²) >= 11 is 0. The summed E-state index contributed by atoms with van der Waals surface area (Å²) < 4.78 is 5.46. The van der Waals surface area contributed by atoms with Crippen molar-refractivity contribution in [3.63, 3.8) is 0 Å². The summed E-state index contributed by atoms with van der Waals surface area (Å²) in [7, 11) is 0. The standard InChI is InChI=1S/C17H22N2O/c1-2-19(13-16-7-4-10-20-16)12-15-6-3-5-14-11-18-9-8-17(14)15/h3-7,10,18H,2,8-9,11-13H2,1H3. The molecule has 0 unspecified atom stereocenters. The number of nitrogens with zero attached hydrogens (tertiary/aromatic N) is 1. The van der Waals surface area contributed by atoms with E-state index in [2.05, 4.69) is 35.3 Å². The number of nitrogens with one attached hydrogen (secondary N) is 1. The lowest BCUT2D eigenvalue weighted by Crippen LogP contribution is -2.27. The van der Waals surface area contributed by atoms with Crippen molar-refractivity contribution in [2.45, 2.75) is 33.0 Å². The molecule has 0 spiro atoms. The van der Waals surface area contributed by atoms with E-state index in [1.807, 2.05) is 12.1 Å². The lowest BCUT2D eigenvalue weighted by atomic mass is 9.95. The molecule has 1 aliphatic heterocycles. The Hall–Kier alpha value is -1.58. The van der Waals surface area contributed by atoms with E-state index in [-0.39, 0.29) is 0 Å². The normalized spacial score (nSPS) is 14.5. The first-order valence-electron chi connectivity index (χ1n) is 7.42. The van der Waals surface area contributed by atoms with E-state index in [4.69, 9.17) is 4.42 Å². The van der Waals surface area contributed by atoms with Gasteiger partial charge in [-0.1, -0.05) is 25.1 Å². The molecule has 0 atom stereocenters. The molecule has 20 heavy (non-hydrogen) atoms. The molecule has 1 aliphatic rings. The zero-order chi connectivity index (χ0) is 13.8. The predicted octanol–water partition coefficient (Wildman–Crippen LogP) is 2.95. The molecule has 3 rings (SSSR count). The van der Waals surface area contributed by atoms with Crippen molar-refractivity contribution in [2.75, 3.05) is 13.1 Å². The van der Waals surface area contributed by atoms with Crippen LogP contribution in [0.4, 0.5) is 0 Å². The molecule has 0 saturated carbocycles. The Morgan fingerprint density at radius 3 is 2.95 bits per heavy atom. The number of furan rings is 1. The van der Waals surface area contributed by atoms with Crippen molar-refractivity contribution < 1.29 is 4.42 Å². The first kappa shape index (κ1) is 13.4. The number of fused-ring (bicyclic) bond motifs is 1. The molecule has 0 radical (unpaired) electrons. The highest BCUT2D eigenvalue weighted by molar-refractivity contribution is 5.37. The van der Waals surface area contributed by atoms with Crippen LogP contribution in [0.1, 0.15) is 29.4 Å². The Kier molecular flexibility index (Phi) is 4.19. The molecule has 106 valence electrons. The van der Waals surface area contributed by atoms with Gasteiger partial charge in [0, 0.05) is 13.1 Å². The molecule has 0 saturated heterocycles. The lowest BCUT2D eigenvalue weighted by molar-refractivity contribution is 0.247. The first-order valence-corrected chi connectivity index (χ1v) is 7.42. The Bertz CT molecular complexity index is 548. The molecule has 3 heteroatoms. The fourth-order valence-electron chi connectivity index (χ4n) is 2.90. The Morgan fingerprint density at radius 2 is 2.15 bits per heavy atom. The fraction of sp³-hybridized carbons (Fsp3) is 0.412. The van der Waals surface area contributed by atoms with Gasteiger partial charge in [-0.15, -0.1) is 0 Å². The summed E-state index contributed by atoms with van der Waals surface area (Å²) in [5.41, 5.74) is 4.48. The SMILES string of the molecule is CCN(Cc1ccco1)Cc1cccc2c1CCNC2. The summed E-state index contributed by atoms with van der Waals surface area (Å²) in [6, 6.07) is 10.7. The number of hydrogen-bond acceptors (Lipinski definition) is 3. The highest BCUT2D eigenvalue weighted by atomic mass is 16.3. The van der Waals surface area contributed by atoms with Crippen LogP contribution in [-0.4, -0.2) is 18.0 Å². The van der Waals surface area contributed by atoms with Crippen molar-refractivity contribution in [1.82, 2.24) is 10.2 Å². The first-order chi connectivity index (χ1) is 9.86. The van der Waals surface area contributed by atoms with Crippen molar-refractivity contribution in [1.29, 1.82) is 0 Å². The Balaban J connectivity index is 1.75. The minimum absolute atomic E-state index is 0.880. The zero-order valence-corrected chi connectivity index (χ0v) is 12.1. The summed E-state index contributed by atoms with van der Waals surface area (Å²) in [5.74, 6) is 1.04. The van der Waals surface area contributed by atoms with Crippen molar-refractivity contribution in [3.05, 3.63) is 59.0 Å². The molecular formula is C17H22N2O. The third-order valence-electron chi connectivity index (χ3n) is 4.04. The monoisotopic (exact) mass is 270 g/mol. The maximum atomic E-state index is 5.46. The molecule has 1 aromatic carbocycles. The minimum Gasteiger partial charge on any atom is -0.468 e. The molecule has 3 nitrogen and oxygen atoms in total. The molecule has 2 heterocycles. The van der Waals surface area contributed by atoms with Gasteiger partial charge in [-0.25, -0.2) is 0 Å². The quantitative estimate of drug-likeness (QED) is 0.905. The number of rotatable bonds is 5. The van der Waals surface area contributed by atoms with E-state index in [0.29, 0.717) is 0 Å². The van der Waals surface area contributed by atoms with Gasteiger partial charge in [-0.3, -0.25) is 4.90 Å². The molecule has 2 aromatic rings. The fourth-order valence-corrected chi connectivity index (χ4v) is 2.90. The average molecular weight is 270 g/mol. The van der Waals surface area contributed by atoms with E-state index in [0.717, 1.165) is 44.9 Å². The summed E-state index contributed by atoms with van der Waals surface area (Å²) in [4.78, 5) is 2.43. The number of benzene rings is 1. The second-order valence-corrected chi connectivity index (χ2v) is 5.36. The minimum atomic E-state index is 0.880. The summed E-state index contributed by atoms with van der Waals surface area (Å²) in [5, 5.41) is 3.44. The van der Waals surface area contributed by atoms with Gasteiger partial charge in [-0.05, 0) is 48.3 Å². The van der Waals surface area contributed by atoms with E-state index in [9.17, 15) is 0 Å². The molecule has 0 bridgehead atoms. The highest BCUT2D eigenvalue weighted by Gasteiger charge is 2.14. The molecular weight excluding hydrogens is 248 g/mol. The summed E-state index contributed by atoms with van der Waals surface area (Å²) in [6.07, 6.45) is 2.89. The van der Waals surface area contributed by atoms with Gasteiger partial charge in [0.2, 0.25) is 0 Å². The zero-order valence-electron chi connectivity index (χ0n) is 12.1. The highest BCUT2D eigenvalue weighted by Crippen LogP contribution is 2.21. The molecule has 0 amide bonds. The maximum Gasteiger partial charge on any atom is 0.117 e. The predicted molar refractivity (Wildman–Crippen MR) is 80.3 cm³/mol. The van der Waals surface area contributed by atoms with Crippen LogP contribution in [0.15, 0.2) is 41.0 Å². The summed E-state index contributed by atoms with van der Waals surface area (Å²) in [6.45, 7) is 7.22. The van der Waals surface area contributed by atoms with E-state index in [1.54, 1.807) is 11.8 Å². The van der Waals surface area contributed by atoms with E-state index in [1.165, 1.54) is 11.1 Å². The third kappa shape index (κ3) is 2.94. The average Bonchev–Trinajstić information content (AvgIpc) is 3.00. The molecule has 0 fully saturated rings. The van der Waals surface area contributed by atoms with Gasteiger partial charge in [0.15, 0.2) is 0 Å². The van der Waals surface area contributed by atoms with Crippen LogP contribution in [0.3, 0.4) is 0 Å². The molecule has 1 aromatic heterocycles. The van der Waals surface area contributed by atoms with Crippen molar-refractivity contribution in [3.8, 4) is 0 Å². The van der Waals surface area contributed by atoms with Gasteiger partial charge in [0.25, 0.3) is 0 Å². The van der Waals surface area contributed by atoms with Crippen LogP contribution >= 0.6 is 0 Å². The lowest BCUT2D eigenvalue weighted by Gasteiger charge is -2.24. The maximum absolute atomic E-state index is 5.46. The van der Waals surface area contributed by atoms with Crippen LogP contribution in [-0.2, 0) is 26.1 Å². The molecule has 0 aliphatic carbocycles. The van der Waals surface area contributed by atoms with Gasteiger partial charge in [0.05, 0.1) is 12.8 Å². The van der Waals surface area contributed by atoms with E-state index < -0.39 is 0 Å². The van der Waals surface area contributed by atoms with Gasteiger partial charge in [-0.2, -0.15) is 0 Å². The largest absolute Gasteiger partial charge is 0.468 e. The van der Waals surface area contributed by atoms with Gasteiger partial charge in [0.1, 0.15) is 5.76 Å². The Labute approximate surface area is 120 Å². The van der Waals surface area contributed by atoms with E-state index >= 15 is 0 Å². The van der Waals surface area contributed by atoms with Crippen LogP contribution < -0.4 is 5.32 Å². The smallest absolute Gasteiger partial charge is 0.117 e. The van der Waals surface area contributed by atoms with Gasteiger partial charge >= 0.3 is 0 Å².